The summed E-state index contributed by atoms with van der Waals surface area (Å²) in [6.45, 7) is 2.03. The van der Waals surface area contributed by atoms with Gasteiger partial charge in [0.2, 0.25) is 0 Å². The van der Waals surface area contributed by atoms with E-state index < -0.39 is 0 Å². The van der Waals surface area contributed by atoms with E-state index in [1.54, 1.807) is 10.8 Å². The van der Waals surface area contributed by atoms with E-state index in [4.69, 9.17) is 0 Å². The van der Waals surface area contributed by atoms with Gasteiger partial charge in [0.15, 0.2) is 0 Å². The van der Waals surface area contributed by atoms with Crippen molar-refractivity contribution >= 4 is 16.6 Å². The third-order valence-electron chi connectivity index (χ3n) is 3.26. The van der Waals surface area contributed by atoms with Crippen molar-refractivity contribution in [2.75, 3.05) is 0 Å². The van der Waals surface area contributed by atoms with Gasteiger partial charge in [0.05, 0.1) is 11.7 Å². The van der Waals surface area contributed by atoms with E-state index in [-0.39, 0.29) is 0 Å². The Kier molecular flexibility index (Phi) is 1.97. The molecule has 4 aromatic heterocycles. The minimum absolute atomic E-state index is 0.901. The number of fused-ring (bicyclic) bond motifs is 2. The number of hydrogen-bond acceptors (Lipinski definition) is 3. The quantitative estimate of drug-likeness (QED) is 0.564. The zero-order valence-electron chi connectivity index (χ0n) is 10.3. The maximum atomic E-state index is 4.35. The van der Waals surface area contributed by atoms with E-state index in [0.29, 0.717) is 0 Å². The smallest absolute Gasteiger partial charge is 0.138 e. The van der Waals surface area contributed by atoms with Gasteiger partial charge in [-0.05, 0) is 36.8 Å². The lowest BCUT2D eigenvalue weighted by atomic mass is 10.1. The maximum absolute atomic E-state index is 4.35. The fraction of sp³-hybridized carbons (Fsp3) is 0.0714. The molecule has 0 amide bonds. The Morgan fingerprint density at radius 3 is 3.00 bits per heavy atom. The van der Waals surface area contributed by atoms with E-state index in [1.165, 1.54) is 0 Å². The van der Waals surface area contributed by atoms with Gasteiger partial charge in [0, 0.05) is 29.0 Å². The largest absolute Gasteiger partial charge is 0.344 e. The third kappa shape index (κ3) is 1.45. The van der Waals surface area contributed by atoms with Gasteiger partial charge < -0.3 is 4.98 Å². The molecule has 0 radical (unpaired) electrons. The first-order valence-corrected chi connectivity index (χ1v) is 6.07. The molecule has 0 aliphatic rings. The van der Waals surface area contributed by atoms with E-state index in [2.05, 4.69) is 26.2 Å². The molecule has 4 aromatic rings. The van der Waals surface area contributed by atoms with Crippen LogP contribution in [-0.2, 0) is 0 Å². The van der Waals surface area contributed by atoms with Crippen LogP contribution in [0, 0.1) is 6.92 Å². The number of pyridine rings is 1. The summed E-state index contributed by atoms with van der Waals surface area (Å²) in [5, 5.41) is 9.59. The Balaban J connectivity index is 2.09. The second kappa shape index (κ2) is 3.65. The molecular weight excluding hydrogens is 238 g/mol. The topological polar surface area (TPSA) is 58.9 Å². The number of aryl methyl sites for hydroxylation is 1. The molecule has 0 aliphatic heterocycles. The predicted molar refractivity (Wildman–Crippen MR) is 72.8 cm³/mol. The van der Waals surface area contributed by atoms with Crippen molar-refractivity contribution in [3.63, 3.8) is 0 Å². The SMILES string of the molecule is Cc1cc2c(-c3cnn4ncccc34)ccnc2[nH]1. The summed E-state index contributed by atoms with van der Waals surface area (Å²) in [5.41, 5.74) is 5.19. The van der Waals surface area contributed by atoms with Gasteiger partial charge in [0.25, 0.3) is 0 Å². The first-order valence-electron chi connectivity index (χ1n) is 6.07. The monoisotopic (exact) mass is 249 g/mol. The van der Waals surface area contributed by atoms with Crippen LogP contribution in [-0.4, -0.2) is 24.8 Å². The fourth-order valence-corrected chi connectivity index (χ4v) is 2.43. The van der Waals surface area contributed by atoms with Crippen LogP contribution in [0.2, 0.25) is 0 Å². The Morgan fingerprint density at radius 2 is 2.05 bits per heavy atom. The Labute approximate surface area is 108 Å². The predicted octanol–water partition coefficient (Wildman–Crippen LogP) is 2.58. The lowest BCUT2D eigenvalue weighted by molar-refractivity contribution is 0.800. The van der Waals surface area contributed by atoms with Crippen LogP contribution in [0.4, 0.5) is 0 Å². The molecule has 92 valence electrons. The number of aromatic nitrogens is 5. The molecule has 0 saturated carbocycles. The zero-order valence-corrected chi connectivity index (χ0v) is 10.3. The zero-order chi connectivity index (χ0) is 12.8. The van der Waals surface area contributed by atoms with Crippen LogP contribution in [0.15, 0.2) is 42.9 Å². The van der Waals surface area contributed by atoms with Crippen LogP contribution in [0.3, 0.4) is 0 Å². The third-order valence-corrected chi connectivity index (χ3v) is 3.26. The minimum Gasteiger partial charge on any atom is -0.344 e. The molecule has 19 heavy (non-hydrogen) atoms. The molecule has 4 heterocycles. The molecule has 0 aliphatic carbocycles. The summed E-state index contributed by atoms with van der Waals surface area (Å²) in [6, 6.07) is 8.06. The molecule has 0 spiro atoms. The van der Waals surface area contributed by atoms with E-state index >= 15 is 0 Å². The van der Waals surface area contributed by atoms with E-state index in [0.717, 1.165) is 33.4 Å². The summed E-state index contributed by atoms with van der Waals surface area (Å²) in [5.74, 6) is 0. The average molecular weight is 249 g/mol. The number of aromatic amines is 1. The average Bonchev–Trinajstić information content (AvgIpc) is 3.00. The first kappa shape index (κ1) is 10.3. The maximum Gasteiger partial charge on any atom is 0.138 e. The van der Waals surface area contributed by atoms with Crippen molar-refractivity contribution in [1.29, 1.82) is 0 Å². The van der Waals surface area contributed by atoms with Crippen molar-refractivity contribution in [2.24, 2.45) is 0 Å². The van der Waals surface area contributed by atoms with Crippen molar-refractivity contribution in [1.82, 2.24) is 24.8 Å². The summed E-state index contributed by atoms with van der Waals surface area (Å²) >= 11 is 0. The first-order chi connectivity index (χ1) is 9.33. The number of nitrogens with one attached hydrogen (secondary N) is 1. The summed E-state index contributed by atoms with van der Waals surface area (Å²) in [7, 11) is 0. The van der Waals surface area contributed by atoms with Crippen LogP contribution < -0.4 is 0 Å². The molecule has 0 saturated heterocycles. The Morgan fingerprint density at radius 1 is 1.11 bits per heavy atom. The van der Waals surface area contributed by atoms with Crippen molar-refractivity contribution in [3.8, 4) is 11.1 Å². The Bertz CT molecular complexity index is 887. The van der Waals surface area contributed by atoms with Crippen molar-refractivity contribution < 1.29 is 0 Å². The van der Waals surface area contributed by atoms with Gasteiger partial charge in [-0.25, -0.2) is 4.98 Å². The van der Waals surface area contributed by atoms with Gasteiger partial charge in [-0.3, -0.25) is 0 Å². The number of hydrogen-bond donors (Lipinski definition) is 1. The highest BCUT2D eigenvalue weighted by Gasteiger charge is 2.11. The molecule has 0 aromatic carbocycles. The molecule has 0 bridgehead atoms. The lowest BCUT2D eigenvalue weighted by Crippen LogP contribution is -1.90. The second-order valence-corrected chi connectivity index (χ2v) is 4.53. The van der Waals surface area contributed by atoms with Gasteiger partial charge in [-0.1, -0.05) is 0 Å². The molecular formula is C14H11N5. The summed E-state index contributed by atoms with van der Waals surface area (Å²) in [4.78, 5) is 7.61. The van der Waals surface area contributed by atoms with Crippen molar-refractivity contribution in [2.45, 2.75) is 6.92 Å². The highest BCUT2D eigenvalue weighted by atomic mass is 15.4. The van der Waals surface area contributed by atoms with Gasteiger partial charge in [-0.2, -0.15) is 14.8 Å². The molecule has 0 atom stereocenters. The van der Waals surface area contributed by atoms with Crippen LogP contribution in [0.5, 0.6) is 0 Å². The number of nitrogens with zero attached hydrogens (tertiary/aromatic N) is 4. The van der Waals surface area contributed by atoms with Crippen LogP contribution in [0.25, 0.3) is 27.7 Å². The normalized spacial score (nSPS) is 11.4. The lowest BCUT2D eigenvalue weighted by Gasteiger charge is -2.00. The molecule has 1 N–H and O–H groups in total. The number of rotatable bonds is 1. The summed E-state index contributed by atoms with van der Waals surface area (Å²) in [6.07, 6.45) is 5.39. The molecule has 4 rings (SSSR count). The molecule has 0 unspecified atom stereocenters. The van der Waals surface area contributed by atoms with Gasteiger partial charge >= 0.3 is 0 Å². The minimum atomic E-state index is 0.901. The van der Waals surface area contributed by atoms with E-state index in [9.17, 15) is 0 Å². The molecule has 5 nitrogen and oxygen atoms in total. The standard InChI is InChI=1S/C14H11N5/c1-9-7-11-10(4-6-15-14(11)18-9)12-8-17-19-13(12)3-2-5-16-19/h2-8H,1H3,(H,15,18). The fourth-order valence-electron chi connectivity index (χ4n) is 2.43. The van der Waals surface area contributed by atoms with E-state index in [1.807, 2.05) is 37.5 Å². The number of H-pyrrole nitrogens is 1. The summed E-state index contributed by atoms with van der Waals surface area (Å²) < 4.78 is 1.64. The van der Waals surface area contributed by atoms with Gasteiger partial charge in [0.1, 0.15) is 5.65 Å². The van der Waals surface area contributed by atoms with Crippen LogP contribution in [0.1, 0.15) is 5.69 Å². The van der Waals surface area contributed by atoms with Gasteiger partial charge in [-0.15, -0.1) is 0 Å². The van der Waals surface area contributed by atoms with Crippen LogP contribution >= 0.6 is 0 Å². The molecule has 5 heteroatoms. The highest BCUT2D eigenvalue weighted by molar-refractivity contribution is 5.97. The second-order valence-electron chi connectivity index (χ2n) is 4.53. The molecule has 0 fully saturated rings. The Hall–Kier alpha value is -2.69. The highest BCUT2D eigenvalue weighted by Crippen LogP contribution is 2.30. The van der Waals surface area contributed by atoms with Crippen molar-refractivity contribution in [3.05, 3.63) is 48.5 Å².